The number of hydrogen-bond acceptors (Lipinski definition) is 2. The molecule has 0 aliphatic carbocycles. The molecule has 0 aromatic carbocycles. The summed E-state index contributed by atoms with van der Waals surface area (Å²) in [5.41, 5.74) is 0.448. The number of aliphatic carboxylic acids is 1. The standard InChI is InChI=1S/C15H23ClN2O3/c1-9(2)5-11(15(20)21)7-17-14(19)13-6-12(16)8-18(13)10(3)4/h6,8-11H,5,7H2,1-4H3,(H,17,19)(H,20,21). The molecule has 0 aliphatic rings. The maximum absolute atomic E-state index is 12.2. The van der Waals surface area contributed by atoms with Gasteiger partial charge in [-0.3, -0.25) is 9.59 Å². The van der Waals surface area contributed by atoms with Gasteiger partial charge in [-0.25, -0.2) is 0 Å². The molecule has 1 amide bonds. The summed E-state index contributed by atoms with van der Waals surface area (Å²) in [7, 11) is 0. The van der Waals surface area contributed by atoms with Crippen LogP contribution in [-0.2, 0) is 4.79 Å². The first kappa shape index (κ1) is 17.6. The summed E-state index contributed by atoms with van der Waals surface area (Å²) in [5, 5.41) is 12.4. The number of halogens is 1. The van der Waals surface area contributed by atoms with E-state index in [0.29, 0.717) is 17.1 Å². The fourth-order valence-electron chi connectivity index (χ4n) is 2.20. The van der Waals surface area contributed by atoms with Gasteiger partial charge in [-0.1, -0.05) is 25.4 Å². The van der Waals surface area contributed by atoms with Gasteiger partial charge in [0.15, 0.2) is 0 Å². The van der Waals surface area contributed by atoms with E-state index < -0.39 is 11.9 Å². The molecule has 1 heterocycles. The van der Waals surface area contributed by atoms with Crippen LogP contribution in [0.3, 0.4) is 0 Å². The maximum Gasteiger partial charge on any atom is 0.308 e. The van der Waals surface area contributed by atoms with Gasteiger partial charge >= 0.3 is 5.97 Å². The molecule has 21 heavy (non-hydrogen) atoms. The molecule has 0 aliphatic heterocycles. The third-order valence-electron chi connectivity index (χ3n) is 3.22. The van der Waals surface area contributed by atoms with Gasteiger partial charge < -0.3 is 15.0 Å². The Morgan fingerprint density at radius 1 is 1.33 bits per heavy atom. The molecule has 2 N–H and O–H groups in total. The molecule has 0 saturated heterocycles. The molecule has 1 rings (SSSR count). The summed E-state index contributed by atoms with van der Waals surface area (Å²) in [6.07, 6.45) is 2.23. The number of rotatable bonds is 7. The van der Waals surface area contributed by atoms with E-state index in [-0.39, 0.29) is 24.4 Å². The fourth-order valence-corrected chi connectivity index (χ4v) is 2.41. The summed E-state index contributed by atoms with van der Waals surface area (Å²) in [6.45, 7) is 7.94. The fraction of sp³-hybridized carbons (Fsp3) is 0.600. The van der Waals surface area contributed by atoms with Crippen LogP contribution in [0.25, 0.3) is 0 Å². The van der Waals surface area contributed by atoms with Crippen LogP contribution >= 0.6 is 11.6 Å². The molecule has 1 aromatic heterocycles. The van der Waals surface area contributed by atoms with Crippen molar-refractivity contribution in [2.45, 2.75) is 40.2 Å². The summed E-state index contributed by atoms with van der Waals surface area (Å²) >= 11 is 5.94. The third kappa shape index (κ3) is 5.08. The average molecular weight is 315 g/mol. The number of nitrogens with zero attached hydrogens (tertiary/aromatic N) is 1. The zero-order chi connectivity index (χ0) is 16.2. The van der Waals surface area contributed by atoms with Crippen LogP contribution in [0.1, 0.15) is 50.6 Å². The number of amides is 1. The lowest BCUT2D eigenvalue weighted by atomic mass is 9.97. The van der Waals surface area contributed by atoms with E-state index in [1.54, 1.807) is 16.8 Å². The lowest BCUT2D eigenvalue weighted by Gasteiger charge is -2.17. The molecular weight excluding hydrogens is 292 g/mol. The van der Waals surface area contributed by atoms with Crippen molar-refractivity contribution in [2.24, 2.45) is 11.8 Å². The van der Waals surface area contributed by atoms with Crippen LogP contribution in [0.2, 0.25) is 5.02 Å². The molecule has 5 nitrogen and oxygen atoms in total. The summed E-state index contributed by atoms with van der Waals surface area (Å²) in [6, 6.07) is 1.69. The van der Waals surface area contributed by atoms with Crippen LogP contribution in [-0.4, -0.2) is 28.1 Å². The second-order valence-electron chi connectivity index (χ2n) is 5.92. The highest BCUT2D eigenvalue weighted by Crippen LogP contribution is 2.19. The minimum Gasteiger partial charge on any atom is -0.481 e. The van der Waals surface area contributed by atoms with E-state index >= 15 is 0 Å². The van der Waals surface area contributed by atoms with Gasteiger partial charge in [-0.05, 0) is 32.3 Å². The first-order valence-corrected chi connectivity index (χ1v) is 7.48. The second-order valence-corrected chi connectivity index (χ2v) is 6.36. The van der Waals surface area contributed by atoms with Crippen molar-refractivity contribution in [3.63, 3.8) is 0 Å². The zero-order valence-electron chi connectivity index (χ0n) is 12.9. The maximum atomic E-state index is 12.2. The highest BCUT2D eigenvalue weighted by molar-refractivity contribution is 6.31. The van der Waals surface area contributed by atoms with Crippen molar-refractivity contribution >= 4 is 23.5 Å². The van der Waals surface area contributed by atoms with Crippen molar-refractivity contribution in [1.82, 2.24) is 9.88 Å². The Hall–Kier alpha value is -1.49. The van der Waals surface area contributed by atoms with Crippen molar-refractivity contribution in [3.05, 3.63) is 23.0 Å². The van der Waals surface area contributed by atoms with E-state index in [2.05, 4.69) is 5.32 Å². The van der Waals surface area contributed by atoms with E-state index in [1.165, 1.54) is 0 Å². The number of carbonyl (C=O) groups is 2. The smallest absolute Gasteiger partial charge is 0.308 e. The van der Waals surface area contributed by atoms with Crippen molar-refractivity contribution in [3.8, 4) is 0 Å². The van der Waals surface area contributed by atoms with Crippen LogP contribution < -0.4 is 5.32 Å². The number of carbonyl (C=O) groups excluding carboxylic acids is 1. The Labute approximate surface area is 130 Å². The van der Waals surface area contributed by atoms with Crippen molar-refractivity contribution < 1.29 is 14.7 Å². The second kappa shape index (κ2) is 7.50. The number of aromatic nitrogens is 1. The largest absolute Gasteiger partial charge is 0.481 e. The molecule has 0 bridgehead atoms. The van der Waals surface area contributed by atoms with Gasteiger partial charge in [-0.2, -0.15) is 0 Å². The lowest BCUT2D eigenvalue weighted by Crippen LogP contribution is -2.34. The Kier molecular flexibility index (Phi) is 6.27. The number of carboxylic acids is 1. The third-order valence-corrected chi connectivity index (χ3v) is 3.43. The Bertz CT molecular complexity index is 509. The van der Waals surface area contributed by atoms with E-state index in [0.717, 1.165) is 0 Å². The molecule has 0 radical (unpaired) electrons. The topological polar surface area (TPSA) is 71.3 Å². The highest BCUT2D eigenvalue weighted by Gasteiger charge is 2.21. The molecule has 118 valence electrons. The molecule has 0 saturated carbocycles. The highest BCUT2D eigenvalue weighted by atomic mass is 35.5. The van der Waals surface area contributed by atoms with Crippen LogP contribution in [0.15, 0.2) is 12.3 Å². The number of nitrogens with one attached hydrogen (secondary N) is 1. The zero-order valence-corrected chi connectivity index (χ0v) is 13.6. The van der Waals surface area contributed by atoms with Crippen LogP contribution in [0, 0.1) is 11.8 Å². The Morgan fingerprint density at radius 3 is 2.43 bits per heavy atom. The molecule has 6 heteroatoms. The summed E-state index contributed by atoms with van der Waals surface area (Å²) in [4.78, 5) is 23.4. The predicted octanol–water partition coefficient (Wildman–Crippen LogP) is 3.20. The van der Waals surface area contributed by atoms with Gasteiger partial charge in [0.1, 0.15) is 5.69 Å². The number of hydrogen-bond donors (Lipinski definition) is 2. The SMILES string of the molecule is CC(C)CC(CNC(=O)c1cc(Cl)cn1C(C)C)C(=O)O. The minimum atomic E-state index is -0.888. The molecule has 1 unspecified atom stereocenters. The lowest BCUT2D eigenvalue weighted by molar-refractivity contribution is -0.142. The van der Waals surface area contributed by atoms with Crippen molar-refractivity contribution in [2.75, 3.05) is 6.54 Å². The van der Waals surface area contributed by atoms with E-state index in [1.807, 2.05) is 27.7 Å². The Balaban J connectivity index is 2.75. The molecule has 0 fully saturated rings. The monoisotopic (exact) mass is 314 g/mol. The van der Waals surface area contributed by atoms with Crippen LogP contribution in [0.4, 0.5) is 0 Å². The summed E-state index contributed by atoms with van der Waals surface area (Å²) in [5.74, 6) is -1.50. The van der Waals surface area contributed by atoms with Gasteiger partial charge in [0.25, 0.3) is 5.91 Å². The normalized spacial score (nSPS) is 12.7. The molecule has 1 aromatic rings. The van der Waals surface area contributed by atoms with Gasteiger partial charge in [-0.15, -0.1) is 0 Å². The quantitative estimate of drug-likeness (QED) is 0.812. The van der Waals surface area contributed by atoms with Crippen molar-refractivity contribution in [1.29, 1.82) is 0 Å². The van der Waals surface area contributed by atoms with E-state index in [4.69, 9.17) is 11.6 Å². The van der Waals surface area contributed by atoms with Gasteiger partial charge in [0.05, 0.1) is 10.9 Å². The van der Waals surface area contributed by atoms with Crippen LogP contribution in [0.5, 0.6) is 0 Å². The molecule has 1 atom stereocenters. The first-order valence-electron chi connectivity index (χ1n) is 7.10. The predicted molar refractivity (Wildman–Crippen MR) is 82.7 cm³/mol. The average Bonchev–Trinajstić information content (AvgIpc) is 2.75. The first-order chi connectivity index (χ1) is 9.72. The Morgan fingerprint density at radius 2 is 1.95 bits per heavy atom. The number of carboxylic acid groups (broad SMARTS) is 1. The molecular formula is C15H23ClN2O3. The minimum absolute atomic E-state index is 0.101. The van der Waals surface area contributed by atoms with Gasteiger partial charge in [0, 0.05) is 18.8 Å². The molecule has 0 spiro atoms. The van der Waals surface area contributed by atoms with E-state index in [9.17, 15) is 14.7 Å². The summed E-state index contributed by atoms with van der Waals surface area (Å²) < 4.78 is 1.77. The van der Waals surface area contributed by atoms with Gasteiger partial charge in [0.2, 0.25) is 0 Å².